The van der Waals surface area contributed by atoms with Crippen LogP contribution in [-0.2, 0) is 15.4 Å². The van der Waals surface area contributed by atoms with Crippen LogP contribution in [0.25, 0.3) is 0 Å². The van der Waals surface area contributed by atoms with E-state index in [4.69, 9.17) is 0 Å². The lowest BCUT2D eigenvalue weighted by atomic mass is 9.87. The van der Waals surface area contributed by atoms with Crippen LogP contribution in [0.4, 0.5) is 4.79 Å². The summed E-state index contributed by atoms with van der Waals surface area (Å²) in [4.78, 5) is 11.7. The maximum atomic E-state index is 12.1. The third-order valence-corrected chi connectivity index (χ3v) is 4.61. The summed E-state index contributed by atoms with van der Waals surface area (Å²) in [6.45, 7) is 10.7. The lowest BCUT2D eigenvalue weighted by Gasteiger charge is -2.19. The van der Waals surface area contributed by atoms with Crippen molar-refractivity contribution in [2.24, 2.45) is 5.92 Å². The van der Waals surface area contributed by atoms with Gasteiger partial charge >= 0.3 is 6.03 Å². The maximum absolute atomic E-state index is 12.1. The van der Waals surface area contributed by atoms with Gasteiger partial charge < -0.3 is 5.32 Å². The number of urea groups is 1. The van der Waals surface area contributed by atoms with E-state index in [1.165, 1.54) is 12.1 Å². The van der Waals surface area contributed by atoms with E-state index in [-0.39, 0.29) is 10.3 Å². The predicted molar refractivity (Wildman–Crippen MR) is 88.3 cm³/mol. The molecule has 0 aromatic heterocycles. The molecule has 0 atom stereocenters. The molecule has 0 aliphatic heterocycles. The average Bonchev–Trinajstić information content (AvgIpc) is 2.36. The summed E-state index contributed by atoms with van der Waals surface area (Å²) in [7, 11) is -3.83. The van der Waals surface area contributed by atoms with Crippen LogP contribution in [0.3, 0.4) is 0 Å². The molecule has 2 amide bonds. The normalized spacial score (nSPS) is 12.3. The highest BCUT2D eigenvalue weighted by Crippen LogP contribution is 2.23. The average molecular weight is 326 g/mol. The number of sulfonamides is 1. The van der Waals surface area contributed by atoms with E-state index in [0.29, 0.717) is 12.5 Å². The van der Waals surface area contributed by atoms with Gasteiger partial charge in [-0.15, -0.1) is 0 Å². The predicted octanol–water partition coefficient (Wildman–Crippen LogP) is 3.02. The first-order valence-electron chi connectivity index (χ1n) is 7.43. The Morgan fingerprint density at radius 3 is 2.14 bits per heavy atom. The standard InChI is InChI=1S/C16H26N2O3S/c1-12(2)10-11-17-15(19)18-22(20,21)14-8-6-13(7-9-14)16(3,4)5/h6-9,12H,10-11H2,1-5H3,(H2,17,18,19). The monoisotopic (exact) mass is 326 g/mol. The minimum absolute atomic E-state index is 0.0516. The van der Waals surface area contributed by atoms with E-state index in [2.05, 4.69) is 26.1 Å². The van der Waals surface area contributed by atoms with Crippen LogP contribution in [-0.4, -0.2) is 21.0 Å². The molecule has 1 aromatic carbocycles. The Labute approximate surface area is 133 Å². The van der Waals surface area contributed by atoms with Gasteiger partial charge in [0.05, 0.1) is 4.90 Å². The highest BCUT2D eigenvalue weighted by Gasteiger charge is 2.19. The molecule has 124 valence electrons. The SMILES string of the molecule is CC(C)CCNC(=O)NS(=O)(=O)c1ccc(C(C)(C)C)cc1. The van der Waals surface area contributed by atoms with Crippen molar-refractivity contribution in [2.75, 3.05) is 6.54 Å². The third-order valence-electron chi connectivity index (χ3n) is 3.26. The molecular formula is C16H26N2O3S. The molecule has 0 spiro atoms. The minimum Gasteiger partial charge on any atom is -0.337 e. The van der Waals surface area contributed by atoms with Gasteiger partial charge in [0.1, 0.15) is 0 Å². The van der Waals surface area contributed by atoms with Crippen molar-refractivity contribution in [3.8, 4) is 0 Å². The fourth-order valence-electron chi connectivity index (χ4n) is 1.83. The third kappa shape index (κ3) is 5.67. The lowest BCUT2D eigenvalue weighted by Crippen LogP contribution is -2.40. The first-order chi connectivity index (χ1) is 10.0. The fraction of sp³-hybridized carbons (Fsp3) is 0.562. The number of hydrogen-bond acceptors (Lipinski definition) is 3. The second-order valence-electron chi connectivity index (χ2n) is 6.82. The van der Waals surface area contributed by atoms with Crippen LogP contribution in [0.15, 0.2) is 29.2 Å². The number of carbonyl (C=O) groups is 1. The van der Waals surface area contributed by atoms with Crippen LogP contribution >= 0.6 is 0 Å². The molecular weight excluding hydrogens is 300 g/mol. The largest absolute Gasteiger partial charge is 0.337 e. The second-order valence-corrected chi connectivity index (χ2v) is 8.50. The number of rotatable bonds is 5. The topological polar surface area (TPSA) is 75.3 Å². The second kappa shape index (κ2) is 7.13. The highest BCUT2D eigenvalue weighted by atomic mass is 32.2. The molecule has 5 nitrogen and oxygen atoms in total. The zero-order valence-corrected chi connectivity index (χ0v) is 14.8. The van der Waals surface area contributed by atoms with Gasteiger partial charge in [0.2, 0.25) is 0 Å². The molecule has 0 aliphatic rings. The molecule has 0 fully saturated rings. The highest BCUT2D eigenvalue weighted by molar-refractivity contribution is 7.90. The molecule has 0 bridgehead atoms. The first-order valence-corrected chi connectivity index (χ1v) is 8.92. The smallest absolute Gasteiger partial charge is 0.328 e. The number of hydrogen-bond donors (Lipinski definition) is 2. The van der Waals surface area contributed by atoms with E-state index in [1.807, 2.05) is 18.6 Å². The van der Waals surface area contributed by atoms with Gasteiger partial charge in [-0.05, 0) is 35.4 Å². The van der Waals surface area contributed by atoms with E-state index >= 15 is 0 Å². The van der Waals surface area contributed by atoms with Crippen molar-refractivity contribution in [3.05, 3.63) is 29.8 Å². The molecule has 6 heteroatoms. The van der Waals surface area contributed by atoms with Crippen molar-refractivity contribution in [3.63, 3.8) is 0 Å². The summed E-state index contributed by atoms with van der Waals surface area (Å²) in [5.41, 5.74) is 0.983. The summed E-state index contributed by atoms with van der Waals surface area (Å²) in [5.74, 6) is 0.446. The van der Waals surface area contributed by atoms with Gasteiger partial charge in [-0.1, -0.05) is 46.8 Å². The van der Waals surface area contributed by atoms with Gasteiger partial charge in [-0.2, -0.15) is 0 Å². The molecule has 0 saturated carbocycles. The van der Waals surface area contributed by atoms with Crippen molar-refractivity contribution < 1.29 is 13.2 Å². The first kappa shape index (κ1) is 18.5. The molecule has 2 N–H and O–H groups in total. The van der Waals surface area contributed by atoms with Crippen LogP contribution in [0, 0.1) is 5.92 Å². The fourth-order valence-corrected chi connectivity index (χ4v) is 2.75. The number of nitrogens with one attached hydrogen (secondary N) is 2. The molecule has 0 unspecified atom stereocenters. The molecule has 1 rings (SSSR count). The Kier molecular flexibility index (Phi) is 6.00. The maximum Gasteiger partial charge on any atom is 0.328 e. The number of benzene rings is 1. The summed E-state index contributed by atoms with van der Waals surface area (Å²) in [6, 6.07) is 5.88. The Balaban J connectivity index is 2.72. The van der Waals surface area contributed by atoms with Crippen LogP contribution < -0.4 is 10.0 Å². The van der Waals surface area contributed by atoms with Crippen molar-refractivity contribution >= 4 is 16.1 Å². The lowest BCUT2D eigenvalue weighted by molar-refractivity contribution is 0.245. The van der Waals surface area contributed by atoms with Gasteiger partial charge in [0.25, 0.3) is 10.0 Å². The van der Waals surface area contributed by atoms with Crippen molar-refractivity contribution in [1.29, 1.82) is 0 Å². The Morgan fingerprint density at radius 1 is 1.14 bits per heavy atom. The summed E-state index contributed by atoms with van der Waals surface area (Å²) < 4.78 is 26.3. The summed E-state index contributed by atoms with van der Waals surface area (Å²) in [6.07, 6.45) is 0.799. The summed E-state index contributed by atoms with van der Waals surface area (Å²) >= 11 is 0. The van der Waals surface area contributed by atoms with E-state index < -0.39 is 16.1 Å². The molecule has 0 radical (unpaired) electrons. The molecule has 1 aromatic rings. The van der Waals surface area contributed by atoms with Gasteiger partial charge in [-0.25, -0.2) is 17.9 Å². The van der Waals surface area contributed by atoms with Crippen molar-refractivity contribution in [1.82, 2.24) is 10.0 Å². The van der Waals surface area contributed by atoms with E-state index in [0.717, 1.165) is 12.0 Å². The Hall–Kier alpha value is -1.56. The zero-order chi connectivity index (χ0) is 17.0. The summed E-state index contributed by atoms with van der Waals surface area (Å²) in [5, 5.41) is 2.55. The van der Waals surface area contributed by atoms with Gasteiger partial charge in [0, 0.05) is 6.54 Å². The quantitative estimate of drug-likeness (QED) is 0.873. The van der Waals surface area contributed by atoms with Crippen LogP contribution in [0.2, 0.25) is 0 Å². The Morgan fingerprint density at radius 2 is 1.68 bits per heavy atom. The zero-order valence-electron chi connectivity index (χ0n) is 13.9. The molecule has 22 heavy (non-hydrogen) atoms. The van der Waals surface area contributed by atoms with E-state index in [9.17, 15) is 13.2 Å². The number of carbonyl (C=O) groups excluding carboxylic acids is 1. The van der Waals surface area contributed by atoms with Gasteiger partial charge in [0.15, 0.2) is 0 Å². The van der Waals surface area contributed by atoms with Crippen LogP contribution in [0.5, 0.6) is 0 Å². The van der Waals surface area contributed by atoms with Crippen molar-refractivity contribution in [2.45, 2.75) is 51.3 Å². The van der Waals surface area contributed by atoms with Crippen LogP contribution in [0.1, 0.15) is 46.6 Å². The molecule has 0 aliphatic carbocycles. The number of amides is 2. The minimum atomic E-state index is -3.83. The Bertz CT molecular complexity index is 599. The molecule has 0 saturated heterocycles. The van der Waals surface area contributed by atoms with E-state index in [1.54, 1.807) is 12.1 Å². The van der Waals surface area contributed by atoms with Gasteiger partial charge in [-0.3, -0.25) is 0 Å². The molecule has 0 heterocycles.